The van der Waals surface area contributed by atoms with Crippen molar-refractivity contribution in [3.8, 4) is 6.07 Å². The SMILES string of the molecule is CC(C)(C#N)c1ccc(NC(=O)[C@@H]2CCCN2)cc1. The van der Waals surface area contributed by atoms with Crippen molar-refractivity contribution in [2.45, 2.75) is 38.1 Å². The van der Waals surface area contributed by atoms with E-state index in [1.807, 2.05) is 38.1 Å². The Bertz CT molecular complexity index is 493. The molecule has 1 heterocycles. The van der Waals surface area contributed by atoms with Crippen LogP contribution in [0.3, 0.4) is 0 Å². The van der Waals surface area contributed by atoms with Gasteiger partial charge in [0.15, 0.2) is 0 Å². The van der Waals surface area contributed by atoms with E-state index < -0.39 is 5.41 Å². The number of anilines is 1. The van der Waals surface area contributed by atoms with Gasteiger partial charge in [0.1, 0.15) is 0 Å². The summed E-state index contributed by atoms with van der Waals surface area (Å²) in [6.07, 6.45) is 1.94. The number of carbonyl (C=O) groups is 1. The summed E-state index contributed by atoms with van der Waals surface area (Å²) in [4.78, 5) is 11.9. The van der Waals surface area contributed by atoms with Gasteiger partial charge in [-0.1, -0.05) is 12.1 Å². The Hall–Kier alpha value is -1.86. The van der Waals surface area contributed by atoms with Crippen molar-refractivity contribution in [2.75, 3.05) is 11.9 Å². The molecule has 19 heavy (non-hydrogen) atoms. The molecule has 1 aliphatic rings. The van der Waals surface area contributed by atoms with Crippen molar-refractivity contribution in [1.29, 1.82) is 5.26 Å². The van der Waals surface area contributed by atoms with Gasteiger partial charge in [0.05, 0.1) is 17.5 Å². The third-order valence-electron chi connectivity index (χ3n) is 3.53. The van der Waals surface area contributed by atoms with Gasteiger partial charge >= 0.3 is 0 Å². The van der Waals surface area contributed by atoms with E-state index in [0.717, 1.165) is 30.6 Å². The molecular formula is C15H19N3O. The standard InChI is InChI=1S/C15H19N3O/c1-15(2,10-16)11-5-7-12(8-6-11)18-14(19)13-4-3-9-17-13/h5-8,13,17H,3-4,9H2,1-2H3,(H,18,19)/t13-/m0/s1. The van der Waals surface area contributed by atoms with Crippen LogP contribution in [0.5, 0.6) is 0 Å². The van der Waals surface area contributed by atoms with Gasteiger partial charge < -0.3 is 10.6 Å². The van der Waals surface area contributed by atoms with Crippen LogP contribution < -0.4 is 10.6 Å². The van der Waals surface area contributed by atoms with Gasteiger partial charge in [-0.2, -0.15) is 5.26 Å². The molecule has 0 bridgehead atoms. The van der Waals surface area contributed by atoms with Crippen LogP contribution in [0, 0.1) is 11.3 Å². The monoisotopic (exact) mass is 257 g/mol. The number of hydrogen-bond donors (Lipinski definition) is 2. The topological polar surface area (TPSA) is 64.9 Å². The number of rotatable bonds is 3. The summed E-state index contributed by atoms with van der Waals surface area (Å²) in [5, 5.41) is 15.1. The van der Waals surface area contributed by atoms with E-state index in [-0.39, 0.29) is 11.9 Å². The van der Waals surface area contributed by atoms with Gasteiger partial charge in [-0.15, -0.1) is 0 Å². The molecule has 0 unspecified atom stereocenters. The highest BCUT2D eigenvalue weighted by molar-refractivity contribution is 5.95. The van der Waals surface area contributed by atoms with Crippen molar-refractivity contribution in [3.05, 3.63) is 29.8 Å². The fraction of sp³-hybridized carbons (Fsp3) is 0.467. The van der Waals surface area contributed by atoms with Crippen LogP contribution in [-0.4, -0.2) is 18.5 Å². The molecule has 2 rings (SSSR count). The zero-order valence-electron chi connectivity index (χ0n) is 11.4. The fourth-order valence-electron chi connectivity index (χ4n) is 2.17. The highest BCUT2D eigenvalue weighted by Crippen LogP contribution is 2.23. The first-order valence-electron chi connectivity index (χ1n) is 6.59. The summed E-state index contributed by atoms with van der Waals surface area (Å²) < 4.78 is 0. The highest BCUT2D eigenvalue weighted by Gasteiger charge is 2.22. The molecular weight excluding hydrogens is 238 g/mol. The van der Waals surface area contributed by atoms with Crippen LogP contribution in [0.1, 0.15) is 32.3 Å². The Kier molecular flexibility index (Phi) is 3.87. The molecule has 1 atom stereocenters. The van der Waals surface area contributed by atoms with Crippen molar-refractivity contribution in [2.24, 2.45) is 0 Å². The third kappa shape index (κ3) is 3.12. The molecule has 100 valence electrons. The zero-order valence-corrected chi connectivity index (χ0v) is 11.4. The quantitative estimate of drug-likeness (QED) is 0.872. The molecule has 0 saturated carbocycles. The lowest BCUT2D eigenvalue weighted by molar-refractivity contribution is -0.117. The molecule has 4 heteroatoms. The number of nitrogens with one attached hydrogen (secondary N) is 2. The van der Waals surface area contributed by atoms with Crippen LogP contribution in [0.4, 0.5) is 5.69 Å². The normalized spacial score (nSPS) is 18.9. The molecule has 1 fully saturated rings. The second-order valence-electron chi connectivity index (χ2n) is 5.45. The molecule has 1 saturated heterocycles. The summed E-state index contributed by atoms with van der Waals surface area (Å²) >= 11 is 0. The minimum absolute atomic E-state index is 0.0183. The van der Waals surface area contributed by atoms with Gasteiger partial charge in [-0.3, -0.25) is 4.79 Å². The molecule has 0 spiro atoms. The van der Waals surface area contributed by atoms with Crippen molar-refractivity contribution in [3.63, 3.8) is 0 Å². The van der Waals surface area contributed by atoms with Crippen LogP contribution >= 0.6 is 0 Å². The molecule has 0 aromatic heterocycles. The van der Waals surface area contributed by atoms with E-state index in [9.17, 15) is 4.79 Å². The van der Waals surface area contributed by atoms with Gasteiger partial charge in [-0.05, 0) is 50.9 Å². The maximum atomic E-state index is 11.9. The third-order valence-corrected chi connectivity index (χ3v) is 3.53. The van der Waals surface area contributed by atoms with E-state index in [1.54, 1.807) is 0 Å². The van der Waals surface area contributed by atoms with Crippen LogP contribution in [-0.2, 0) is 10.2 Å². The van der Waals surface area contributed by atoms with E-state index in [0.29, 0.717) is 0 Å². The Balaban J connectivity index is 2.03. The summed E-state index contributed by atoms with van der Waals surface area (Å²) in [5.41, 5.74) is 1.22. The maximum Gasteiger partial charge on any atom is 0.241 e. The van der Waals surface area contributed by atoms with E-state index in [2.05, 4.69) is 16.7 Å². The Labute approximate surface area is 113 Å². The first-order valence-corrected chi connectivity index (χ1v) is 6.59. The molecule has 1 aliphatic heterocycles. The molecule has 4 nitrogen and oxygen atoms in total. The van der Waals surface area contributed by atoms with Crippen LogP contribution in [0.25, 0.3) is 0 Å². The van der Waals surface area contributed by atoms with E-state index >= 15 is 0 Å². The lowest BCUT2D eigenvalue weighted by Crippen LogP contribution is -2.35. The summed E-state index contributed by atoms with van der Waals surface area (Å²) in [6.45, 7) is 4.67. The van der Waals surface area contributed by atoms with Gasteiger partial charge in [0.2, 0.25) is 5.91 Å². The maximum absolute atomic E-state index is 11.9. The Morgan fingerprint density at radius 3 is 2.63 bits per heavy atom. The molecule has 1 aromatic carbocycles. The highest BCUT2D eigenvalue weighted by atomic mass is 16.2. The number of benzene rings is 1. The second-order valence-corrected chi connectivity index (χ2v) is 5.45. The summed E-state index contributed by atoms with van der Waals surface area (Å²) in [6, 6.07) is 9.67. The first kappa shape index (κ1) is 13.6. The fourth-order valence-corrected chi connectivity index (χ4v) is 2.17. The molecule has 0 radical (unpaired) electrons. The van der Waals surface area contributed by atoms with Gasteiger partial charge in [-0.25, -0.2) is 0 Å². The van der Waals surface area contributed by atoms with Crippen molar-refractivity contribution >= 4 is 11.6 Å². The van der Waals surface area contributed by atoms with E-state index in [1.165, 1.54) is 0 Å². The molecule has 1 amide bonds. The summed E-state index contributed by atoms with van der Waals surface area (Å²) in [5.74, 6) is 0.0183. The first-order chi connectivity index (χ1) is 9.03. The summed E-state index contributed by atoms with van der Waals surface area (Å²) in [7, 11) is 0. The Morgan fingerprint density at radius 2 is 2.11 bits per heavy atom. The van der Waals surface area contributed by atoms with Gasteiger partial charge in [0.25, 0.3) is 0 Å². The number of nitrogens with zero attached hydrogens (tertiary/aromatic N) is 1. The van der Waals surface area contributed by atoms with Gasteiger partial charge in [0, 0.05) is 5.69 Å². The minimum Gasteiger partial charge on any atom is -0.325 e. The van der Waals surface area contributed by atoms with Crippen molar-refractivity contribution < 1.29 is 4.79 Å². The smallest absolute Gasteiger partial charge is 0.241 e. The molecule has 2 N–H and O–H groups in total. The zero-order chi connectivity index (χ0) is 13.9. The van der Waals surface area contributed by atoms with Crippen molar-refractivity contribution in [1.82, 2.24) is 5.32 Å². The number of carbonyl (C=O) groups excluding carboxylic acids is 1. The Morgan fingerprint density at radius 1 is 1.42 bits per heavy atom. The molecule has 1 aromatic rings. The predicted molar refractivity (Wildman–Crippen MR) is 74.7 cm³/mol. The average molecular weight is 257 g/mol. The molecule has 0 aliphatic carbocycles. The second kappa shape index (κ2) is 5.41. The van der Waals surface area contributed by atoms with E-state index in [4.69, 9.17) is 5.26 Å². The van der Waals surface area contributed by atoms with Crippen LogP contribution in [0.15, 0.2) is 24.3 Å². The van der Waals surface area contributed by atoms with Crippen LogP contribution in [0.2, 0.25) is 0 Å². The number of amides is 1. The number of nitriles is 1. The lowest BCUT2D eigenvalue weighted by Gasteiger charge is -2.16. The lowest BCUT2D eigenvalue weighted by atomic mass is 9.86. The number of hydrogen-bond acceptors (Lipinski definition) is 3. The largest absolute Gasteiger partial charge is 0.325 e. The minimum atomic E-state index is -0.504. The predicted octanol–water partition coefficient (Wildman–Crippen LogP) is 2.18. The average Bonchev–Trinajstić information content (AvgIpc) is 2.93.